The second kappa shape index (κ2) is 16.6. The predicted octanol–water partition coefficient (Wildman–Crippen LogP) is 11.9. The first-order valence-corrected chi connectivity index (χ1v) is 17.4. The number of hydrogen-bond acceptors (Lipinski definition) is 1. The molecule has 1 nitrogen and oxygen atoms in total. The smallest absolute Gasteiger partial charge is 0.0369 e. The van der Waals surface area contributed by atoms with Gasteiger partial charge in [0.1, 0.15) is 0 Å². The normalized spacial score (nSPS) is 16.8. The van der Waals surface area contributed by atoms with E-state index in [2.05, 4.69) is 182 Å². The lowest BCUT2D eigenvalue weighted by Crippen LogP contribution is -2.29. The Morgan fingerprint density at radius 1 is 0.812 bits per heavy atom. The van der Waals surface area contributed by atoms with Crippen molar-refractivity contribution in [3.05, 3.63) is 210 Å². The van der Waals surface area contributed by atoms with Crippen LogP contribution in [0.5, 0.6) is 0 Å². The van der Waals surface area contributed by atoms with E-state index in [1.807, 2.05) is 6.08 Å². The van der Waals surface area contributed by atoms with Gasteiger partial charge in [0.15, 0.2) is 0 Å². The number of benzene rings is 4. The summed E-state index contributed by atoms with van der Waals surface area (Å²) in [4.78, 5) is 2.51. The van der Waals surface area contributed by atoms with Crippen LogP contribution in [0.2, 0.25) is 0 Å². The van der Waals surface area contributed by atoms with Crippen molar-refractivity contribution >= 4 is 5.69 Å². The zero-order valence-corrected chi connectivity index (χ0v) is 28.2. The van der Waals surface area contributed by atoms with Crippen molar-refractivity contribution in [2.45, 2.75) is 38.5 Å². The Labute approximate surface area is 288 Å². The first-order valence-electron chi connectivity index (χ1n) is 17.4. The van der Waals surface area contributed by atoms with Gasteiger partial charge in [-0.3, -0.25) is 0 Å². The second-order valence-corrected chi connectivity index (χ2v) is 13.0. The van der Waals surface area contributed by atoms with Crippen molar-refractivity contribution in [1.29, 1.82) is 0 Å². The molecule has 0 spiro atoms. The topological polar surface area (TPSA) is 3.24 Å². The molecule has 240 valence electrons. The Balaban J connectivity index is 1.19. The van der Waals surface area contributed by atoms with Crippen LogP contribution in [0.3, 0.4) is 0 Å². The second-order valence-electron chi connectivity index (χ2n) is 13.0. The monoisotopic (exact) mass is 625 g/mol. The van der Waals surface area contributed by atoms with Gasteiger partial charge in [-0.05, 0) is 84.1 Å². The van der Waals surface area contributed by atoms with Gasteiger partial charge in [0.05, 0.1) is 0 Å². The van der Waals surface area contributed by atoms with E-state index in [4.69, 9.17) is 0 Å². The fraction of sp³-hybridized carbons (Fsp3) is 0.191. The third-order valence-corrected chi connectivity index (χ3v) is 9.55. The molecule has 0 heterocycles. The van der Waals surface area contributed by atoms with Gasteiger partial charge in [0.25, 0.3) is 0 Å². The van der Waals surface area contributed by atoms with Crippen LogP contribution >= 0.6 is 0 Å². The molecule has 0 radical (unpaired) electrons. The van der Waals surface area contributed by atoms with Crippen molar-refractivity contribution in [2.24, 2.45) is 5.92 Å². The highest BCUT2D eigenvalue weighted by Gasteiger charge is 2.20. The number of allylic oxidation sites excluding steroid dienone is 11. The lowest BCUT2D eigenvalue weighted by Gasteiger charge is -2.28. The summed E-state index contributed by atoms with van der Waals surface area (Å²) in [5.41, 5.74) is 11.9. The standard InChI is InChI=1S/C47H47N/c1-3-14-40(42-26-28-45(29-27-42)47(44-19-11-6-12-20-44)35-38-15-7-4-8-16-38)21-13-34-48(36-39-17-9-5-10-18-39)46-32-30-43(31-33-46)41-24-22-37(2)23-25-41/h3-17,19-26,28,30-33,39,47H,1,18,27,29,34-36H2,2H3/b21-13-,40-14+. The molecule has 48 heavy (non-hydrogen) atoms. The molecule has 6 rings (SSSR count). The van der Waals surface area contributed by atoms with Gasteiger partial charge < -0.3 is 4.90 Å². The molecule has 4 aromatic rings. The highest BCUT2D eigenvalue weighted by Crippen LogP contribution is 2.36. The predicted molar refractivity (Wildman–Crippen MR) is 207 cm³/mol. The summed E-state index contributed by atoms with van der Waals surface area (Å²) in [7, 11) is 0. The largest absolute Gasteiger partial charge is 0.367 e. The van der Waals surface area contributed by atoms with Crippen LogP contribution in [0.1, 0.15) is 41.9 Å². The van der Waals surface area contributed by atoms with Gasteiger partial charge >= 0.3 is 0 Å². The fourth-order valence-electron chi connectivity index (χ4n) is 6.83. The minimum absolute atomic E-state index is 0.378. The van der Waals surface area contributed by atoms with E-state index >= 15 is 0 Å². The SMILES string of the molecule is C=C/C=C(\C=C/CN(CC1C=CC=CC1)c1ccc(-c2ccc(C)cc2)cc1)C1=CC=C(C(Cc2ccccc2)c2ccccc2)CC1. The molecule has 0 saturated carbocycles. The van der Waals surface area contributed by atoms with Crippen molar-refractivity contribution in [1.82, 2.24) is 0 Å². The van der Waals surface area contributed by atoms with Crippen LogP contribution in [0.25, 0.3) is 11.1 Å². The molecule has 0 saturated heterocycles. The molecular formula is C47H47N. The first kappa shape index (κ1) is 32.8. The average Bonchev–Trinajstić information content (AvgIpc) is 3.15. The van der Waals surface area contributed by atoms with Crippen molar-refractivity contribution in [2.75, 3.05) is 18.0 Å². The molecule has 4 aromatic carbocycles. The van der Waals surface area contributed by atoms with Crippen molar-refractivity contribution < 1.29 is 0 Å². The third-order valence-electron chi connectivity index (χ3n) is 9.55. The summed E-state index contributed by atoms with van der Waals surface area (Å²) in [5, 5.41) is 0. The molecular weight excluding hydrogens is 579 g/mol. The average molecular weight is 626 g/mol. The first-order chi connectivity index (χ1) is 23.7. The Bertz CT molecular complexity index is 1810. The molecule has 1 heteroatoms. The maximum atomic E-state index is 4.05. The molecule has 0 aliphatic heterocycles. The van der Waals surface area contributed by atoms with Gasteiger partial charge in [-0.1, -0.05) is 176 Å². The zero-order valence-electron chi connectivity index (χ0n) is 28.2. The summed E-state index contributed by atoms with van der Waals surface area (Å²) in [6.07, 6.45) is 26.6. The van der Waals surface area contributed by atoms with Crippen LogP contribution in [-0.2, 0) is 6.42 Å². The number of hydrogen-bond donors (Lipinski definition) is 0. The number of anilines is 1. The van der Waals surface area contributed by atoms with Crippen LogP contribution < -0.4 is 4.90 Å². The molecule has 2 unspecified atom stereocenters. The van der Waals surface area contributed by atoms with Crippen molar-refractivity contribution in [3.63, 3.8) is 0 Å². The van der Waals surface area contributed by atoms with E-state index in [0.717, 1.165) is 38.8 Å². The van der Waals surface area contributed by atoms with Crippen molar-refractivity contribution in [3.8, 4) is 11.1 Å². The van der Waals surface area contributed by atoms with Gasteiger partial charge in [-0.2, -0.15) is 0 Å². The summed E-state index contributed by atoms with van der Waals surface area (Å²) in [6, 6.07) is 39.7. The van der Waals surface area contributed by atoms with Crippen LogP contribution in [0, 0.1) is 12.8 Å². The number of nitrogens with zero attached hydrogens (tertiary/aromatic N) is 1. The minimum Gasteiger partial charge on any atom is -0.367 e. The summed E-state index contributed by atoms with van der Waals surface area (Å²) in [6.45, 7) is 8.01. The minimum atomic E-state index is 0.378. The Hall–Kier alpha value is -5.14. The third kappa shape index (κ3) is 8.81. The van der Waals surface area contributed by atoms with E-state index in [1.165, 1.54) is 50.2 Å². The Morgan fingerprint density at radius 3 is 2.17 bits per heavy atom. The van der Waals surface area contributed by atoms with E-state index < -0.39 is 0 Å². The quantitative estimate of drug-likeness (QED) is 0.134. The van der Waals surface area contributed by atoms with Gasteiger partial charge in [0, 0.05) is 24.7 Å². The number of aryl methyl sites for hydroxylation is 1. The molecule has 0 fully saturated rings. The number of rotatable bonds is 13. The zero-order chi connectivity index (χ0) is 33.0. The molecule has 0 bridgehead atoms. The van der Waals surface area contributed by atoms with Gasteiger partial charge in [0.2, 0.25) is 0 Å². The van der Waals surface area contributed by atoms with E-state index in [-0.39, 0.29) is 0 Å². The lowest BCUT2D eigenvalue weighted by molar-refractivity contribution is 0.632. The maximum absolute atomic E-state index is 4.05. The molecule has 0 aromatic heterocycles. The Kier molecular flexibility index (Phi) is 11.3. The van der Waals surface area contributed by atoms with E-state index in [0.29, 0.717) is 11.8 Å². The van der Waals surface area contributed by atoms with E-state index in [1.54, 1.807) is 0 Å². The van der Waals surface area contributed by atoms with Crippen LogP contribution in [0.4, 0.5) is 5.69 Å². The summed E-state index contributed by atoms with van der Waals surface area (Å²) < 4.78 is 0. The van der Waals surface area contributed by atoms with Gasteiger partial charge in [-0.25, -0.2) is 0 Å². The van der Waals surface area contributed by atoms with Crippen LogP contribution in [-0.4, -0.2) is 13.1 Å². The molecule has 0 amide bonds. The molecule has 0 N–H and O–H groups in total. The molecule has 2 aliphatic carbocycles. The van der Waals surface area contributed by atoms with Gasteiger partial charge in [-0.15, -0.1) is 0 Å². The highest BCUT2D eigenvalue weighted by atomic mass is 15.1. The van der Waals surface area contributed by atoms with Crippen LogP contribution in [0.15, 0.2) is 193 Å². The fourth-order valence-corrected chi connectivity index (χ4v) is 6.83. The highest BCUT2D eigenvalue weighted by molar-refractivity contribution is 5.66. The molecule has 2 aliphatic rings. The molecule has 2 atom stereocenters. The summed E-state index contributed by atoms with van der Waals surface area (Å²) in [5.74, 6) is 0.879. The summed E-state index contributed by atoms with van der Waals surface area (Å²) >= 11 is 0. The van der Waals surface area contributed by atoms with E-state index in [9.17, 15) is 0 Å². The lowest BCUT2D eigenvalue weighted by atomic mass is 9.80. The maximum Gasteiger partial charge on any atom is 0.0369 e. The Morgan fingerprint density at radius 2 is 1.52 bits per heavy atom.